The highest BCUT2D eigenvalue weighted by Crippen LogP contribution is 2.22. The molecule has 3 heteroatoms. The van der Waals surface area contributed by atoms with Crippen LogP contribution in [0.2, 0.25) is 0 Å². The van der Waals surface area contributed by atoms with E-state index < -0.39 is 0 Å². The quantitative estimate of drug-likeness (QED) is 0.810. The van der Waals surface area contributed by atoms with Crippen LogP contribution in [-0.4, -0.2) is 19.1 Å². The molecule has 2 aromatic carbocycles. The Kier molecular flexibility index (Phi) is 3.75. The molecule has 0 bridgehead atoms. The number of nitrogens with one attached hydrogen (secondary N) is 1. The van der Waals surface area contributed by atoms with Gasteiger partial charge in [-0.2, -0.15) is 5.53 Å². The van der Waals surface area contributed by atoms with E-state index in [0.29, 0.717) is 0 Å². The van der Waals surface area contributed by atoms with Crippen molar-refractivity contribution in [1.29, 1.82) is 0 Å². The van der Waals surface area contributed by atoms with Gasteiger partial charge in [-0.05, 0) is 24.3 Å². The summed E-state index contributed by atoms with van der Waals surface area (Å²) in [4.78, 5) is 0. The van der Waals surface area contributed by atoms with E-state index in [2.05, 4.69) is 29.8 Å². The second kappa shape index (κ2) is 5.48. The first kappa shape index (κ1) is 11.6. The summed E-state index contributed by atoms with van der Waals surface area (Å²) in [5.74, 6) is 0. The van der Waals surface area contributed by atoms with Crippen LogP contribution in [0.25, 0.3) is 0 Å². The molecule has 0 amide bonds. The lowest BCUT2D eigenvalue weighted by Gasteiger charge is -2.28. The number of rotatable bonds is 4. The molecule has 0 saturated heterocycles. The summed E-state index contributed by atoms with van der Waals surface area (Å²) in [6, 6.07) is 20.4. The zero-order chi connectivity index (χ0) is 12.1. The molecule has 0 unspecified atom stereocenters. The molecule has 17 heavy (non-hydrogen) atoms. The Balaban J connectivity index is 2.32. The molecule has 0 aliphatic carbocycles. The molecule has 88 valence electrons. The molecule has 0 atom stereocenters. The summed E-state index contributed by atoms with van der Waals surface area (Å²) in [7, 11) is 3.94. The first-order chi connectivity index (χ1) is 8.27. The van der Waals surface area contributed by atoms with Gasteiger partial charge in [0.2, 0.25) is 0 Å². The highest BCUT2D eigenvalue weighted by Gasteiger charge is 2.08. The maximum absolute atomic E-state index is 3.28. The van der Waals surface area contributed by atoms with Crippen LogP contribution in [0.3, 0.4) is 0 Å². The van der Waals surface area contributed by atoms with Crippen LogP contribution in [0.5, 0.6) is 0 Å². The third kappa shape index (κ3) is 3.06. The lowest BCUT2D eigenvalue weighted by atomic mass is 10.2. The van der Waals surface area contributed by atoms with Crippen LogP contribution in [0.4, 0.5) is 11.4 Å². The number of para-hydroxylation sites is 2. The molecule has 0 aliphatic heterocycles. The predicted molar refractivity (Wildman–Crippen MR) is 71.8 cm³/mol. The molecule has 0 aromatic heterocycles. The minimum Gasteiger partial charge on any atom is -0.263 e. The first-order valence-corrected chi connectivity index (χ1v) is 5.61. The molecule has 0 aliphatic rings. The number of benzene rings is 2. The molecule has 2 rings (SSSR count). The van der Waals surface area contributed by atoms with Crippen molar-refractivity contribution in [3.05, 3.63) is 60.7 Å². The predicted octanol–water partition coefficient (Wildman–Crippen LogP) is 2.81. The Hall–Kier alpha value is -1.84. The van der Waals surface area contributed by atoms with E-state index in [0.717, 1.165) is 11.4 Å². The zero-order valence-electron chi connectivity index (χ0n) is 10.2. The standard InChI is InChI=1S/C14H17N3/c1-16(2)15-17(13-9-5-3-6-10-13)14-11-7-4-8-12-14/h3-12,15H,1-2H3. The number of hydrogen-bond donors (Lipinski definition) is 1. The topological polar surface area (TPSA) is 18.5 Å². The van der Waals surface area contributed by atoms with Gasteiger partial charge in [0.1, 0.15) is 0 Å². The van der Waals surface area contributed by atoms with Crippen LogP contribution < -0.4 is 10.5 Å². The highest BCUT2D eigenvalue weighted by atomic mass is 15.7. The van der Waals surface area contributed by atoms with Gasteiger partial charge in [-0.3, -0.25) is 5.01 Å². The highest BCUT2D eigenvalue weighted by molar-refractivity contribution is 5.61. The van der Waals surface area contributed by atoms with Crippen molar-refractivity contribution in [2.75, 3.05) is 19.1 Å². The number of hydrazine groups is 2. The maximum Gasteiger partial charge on any atom is 0.0591 e. The van der Waals surface area contributed by atoms with E-state index in [1.165, 1.54) is 0 Å². The third-order valence-electron chi connectivity index (χ3n) is 2.33. The molecule has 0 fully saturated rings. The molecule has 1 N–H and O–H groups in total. The van der Waals surface area contributed by atoms with Crippen molar-refractivity contribution in [3.63, 3.8) is 0 Å². The zero-order valence-corrected chi connectivity index (χ0v) is 10.2. The van der Waals surface area contributed by atoms with Gasteiger partial charge in [-0.1, -0.05) is 36.4 Å². The van der Waals surface area contributed by atoms with Crippen molar-refractivity contribution in [3.8, 4) is 0 Å². The minimum absolute atomic E-state index is 1.10. The summed E-state index contributed by atoms with van der Waals surface area (Å²) < 4.78 is 0. The molecular weight excluding hydrogens is 210 g/mol. The molecule has 0 heterocycles. The smallest absolute Gasteiger partial charge is 0.0591 e. The van der Waals surface area contributed by atoms with Crippen molar-refractivity contribution >= 4 is 11.4 Å². The monoisotopic (exact) mass is 227 g/mol. The van der Waals surface area contributed by atoms with Gasteiger partial charge < -0.3 is 0 Å². The van der Waals surface area contributed by atoms with E-state index in [4.69, 9.17) is 0 Å². The summed E-state index contributed by atoms with van der Waals surface area (Å²) in [6.07, 6.45) is 0. The van der Waals surface area contributed by atoms with Crippen molar-refractivity contribution in [2.24, 2.45) is 0 Å². The van der Waals surface area contributed by atoms with E-state index in [1.807, 2.05) is 60.5 Å². The van der Waals surface area contributed by atoms with Crippen LogP contribution in [0, 0.1) is 0 Å². The summed E-state index contributed by atoms with van der Waals surface area (Å²) in [5, 5.41) is 3.96. The SMILES string of the molecule is CN(C)NN(c1ccccc1)c1ccccc1. The summed E-state index contributed by atoms with van der Waals surface area (Å²) in [5.41, 5.74) is 5.49. The molecule has 2 aromatic rings. The fourth-order valence-corrected chi connectivity index (χ4v) is 1.62. The van der Waals surface area contributed by atoms with E-state index >= 15 is 0 Å². The fraction of sp³-hybridized carbons (Fsp3) is 0.143. The van der Waals surface area contributed by atoms with Crippen molar-refractivity contribution in [2.45, 2.75) is 0 Å². The number of anilines is 2. The second-order valence-electron chi connectivity index (χ2n) is 4.00. The molecular formula is C14H17N3. The van der Waals surface area contributed by atoms with Gasteiger partial charge in [0.05, 0.1) is 11.4 Å². The average molecular weight is 227 g/mol. The molecule has 0 saturated carbocycles. The third-order valence-corrected chi connectivity index (χ3v) is 2.33. The molecule has 0 spiro atoms. The van der Waals surface area contributed by atoms with Crippen LogP contribution in [0.1, 0.15) is 0 Å². The van der Waals surface area contributed by atoms with Gasteiger partial charge in [0.25, 0.3) is 0 Å². The second-order valence-corrected chi connectivity index (χ2v) is 4.00. The van der Waals surface area contributed by atoms with Crippen molar-refractivity contribution < 1.29 is 0 Å². The normalized spacial score (nSPS) is 10.5. The summed E-state index contributed by atoms with van der Waals surface area (Å²) in [6.45, 7) is 0. The van der Waals surface area contributed by atoms with Crippen LogP contribution in [-0.2, 0) is 0 Å². The van der Waals surface area contributed by atoms with E-state index in [-0.39, 0.29) is 0 Å². The molecule has 0 radical (unpaired) electrons. The van der Waals surface area contributed by atoms with Gasteiger partial charge in [-0.15, -0.1) is 0 Å². The maximum atomic E-state index is 3.28. The van der Waals surface area contributed by atoms with E-state index in [1.54, 1.807) is 0 Å². The fourth-order valence-electron chi connectivity index (χ4n) is 1.62. The van der Waals surface area contributed by atoms with Gasteiger partial charge in [-0.25, -0.2) is 5.01 Å². The summed E-state index contributed by atoms with van der Waals surface area (Å²) >= 11 is 0. The Bertz CT molecular complexity index is 400. The Labute approximate surface area is 102 Å². The van der Waals surface area contributed by atoms with Gasteiger partial charge in [0.15, 0.2) is 0 Å². The average Bonchev–Trinajstić information content (AvgIpc) is 2.38. The first-order valence-electron chi connectivity index (χ1n) is 5.61. The van der Waals surface area contributed by atoms with Crippen LogP contribution >= 0.6 is 0 Å². The van der Waals surface area contributed by atoms with Gasteiger partial charge in [0, 0.05) is 14.1 Å². The van der Waals surface area contributed by atoms with E-state index in [9.17, 15) is 0 Å². The van der Waals surface area contributed by atoms with Crippen LogP contribution in [0.15, 0.2) is 60.7 Å². The Morgan fingerprint density at radius 1 is 0.706 bits per heavy atom. The van der Waals surface area contributed by atoms with Crippen molar-refractivity contribution in [1.82, 2.24) is 10.5 Å². The lowest BCUT2D eigenvalue weighted by molar-refractivity contribution is 0.293. The number of nitrogens with zero attached hydrogens (tertiary/aromatic N) is 2. The lowest BCUT2D eigenvalue weighted by Crippen LogP contribution is -2.43. The number of hydrogen-bond acceptors (Lipinski definition) is 3. The Morgan fingerprint density at radius 2 is 1.12 bits per heavy atom. The minimum atomic E-state index is 1.10. The largest absolute Gasteiger partial charge is 0.263 e. The van der Waals surface area contributed by atoms with Gasteiger partial charge >= 0.3 is 0 Å². The molecule has 3 nitrogen and oxygen atoms in total. The Morgan fingerprint density at radius 3 is 1.47 bits per heavy atom.